The van der Waals surface area contributed by atoms with Crippen LogP contribution in [0, 0.1) is 17.1 Å². The van der Waals surface area contributed by atoms with Gasteiger partial charge in [0.05, 0.1) is 16.6 Å². The molecule has 1 fully saturated rings. The number of hydrogen-bond donors (Lipinski definition) is 0. The third-order valence-electron chi connectivity index (χ3n) is 3.23. The van der Waals surface area contributed by atoms with Crippen molar-refractivity contribution >= 4 is 9.84 Å². The fraction of sp³-hybridized carbons (Fsp3) is 0.462. The molecule has 1 heterocycles. The van der Waals surface area contributed by atoms with Crippen molar-refractivity contribution in [3.8, 4) is 6.07 Å². The Morgan fingerprint density at radius 3 is 2.68 bits per heavy atom. The molecule has 0 N–H and O–H groups in total. The lowest BCUT2D eigenvalue weighted by Crippen LogP contribution is -2.30. The molecule has 0 bridgehead atoms. The first kappa shape index (κ1) is 14.0. The SMILES string of the molecule is N#Cc1cccc(CS(=O)(=O)C2CCOCC2)c1F. The predicted octanol–water partition coefficient (Wildman–Crippen LogP) is 1.79. The second-order valence-electron chi connectivity index (χ2n) is 4.51. The molecule has 6 heteroatoms. The maximum absolute atomic E-state index is 13.9. The topological polar surface area (TPSA) is 67.2 Å². The van der Waals surface area contributed by atoms with E-state index in [1.165, 1.54) is 18.2 Å². The Kier molecular flexibility index (Phi) is 4.17. The molecule has 1 aliphatic heterocycles. The first-order valence-electron chi connectivity index (χ1n) is 6.01. The highest BCUT2D eigenvalue weighted by Crippen LogP contribution is 2.22. The molecule has 1 aliphatic rings. The highest BCUT2D eigenvalue weighted by atomic mass is 32.2. The van der Waals surface area contributed by atoms with Crippen molar-refractivity contribution in [2.24, 2.45) is 0 Å². The average Bonchev–Trinajstić information content (AvgIpc) is 2.42. The molecule has 0 aliphatic carbocycles. The van der Waals surface area contributed by atoms with Gasteiger partial charge < -0.3 is 4.74 Å². The molecule has 102 valence electrons. The number of nitriles is 1. The van der Waals surface area contributed by atoms with Crippen molar-refractivity contribution in [3.63, 3.8) is 0 Å². The van der Waals surface area contributed by atoms with E-state index in [-0.39, 0.29) is 16.9 Å². The van der Waals surface area contributed by atoms with Gasteiger partial charge in [0.25, 0.3) is 0 Å². The van der Waals surface area contributed by atoms with E-state index in [2.05, 4.69) is 0 Å². The molecule has 0 amide bonds. The zero-order valence-corrected chi connectivity index (χ0v) is 11.1. The summed E-state index contributed by atoms with van der Waals surface area (Å²) in [6.07, 6.45) is 0.893. The maximum atomic E-state index is 13.9. The van der Waals surface area contributed by atoms with Crippen molar-refractivity contribution in [1.29, 1.82) is 5.26 Å². The summed E-state index contributed by atoms with van der Waals surface area (Å²) in [6.45, 7) is 0.842. The number of sulfone groups is 1. The third kappa shape index (κ3) is 3.11. The minimum Gasteiger partial charge on any atom is -0.381 e. The largest absolute Gasteiger partial charge is 0.381 e. The van der Waals surface area contributed by atoms with Gasteiger partial charge in [-0.2, -0.15) is 5.26 Å². The molecule has 0 aromatic heterocycles. The molecule has 2 rings (SSSR count). The van der Waals surface area contributed by atoms with E-state index in [1.54, 1.807) is 6.07 Å². The molecule has 0 unspecified atom stereocenters. The highest BCUT2D eigenvalue weighted by molar-refractivity contribution is 7.91. The number of nitrogens with zero attached hydrogens (tertiary/aromatic N) is 1. The van der Waals surface area contributed by atoms with Gasteiger partial charge in [0.15, 0.2) is 9.84 Å². The van der Waals surface area contributed by atoms with E-state index in [0.29, 0.717) is 26.1 Å². The normalized spacial score (nSPS) is 17.1. The van der Waals surface area contributed by atoms with Crippen LogP contribution in [0.4, 0.5) is 4.39 Å². The van der Waals surface area contributed by atoms with Crippen LogP contribution < -0.4 is 0 Å². The molecule has 0 atom stereocenters. The Bertz CT molecular complexity index is 601. The summed E-state index contributed by atoms with van der Waals surface area (Å²) in [7, 11) is -3.41. The van der Waals surface area contributed by atoms with Crippen LogP contribution >= 0.6 is 0 Å². The Labute approximate surface area is 111 Å². The van der Waals surface area contributed by atoms with Crippen LogP contribution in [0.25, 0.3) is 0 Å². The van der Waals surface area contributed by atoms with Gasteiger partial charge in [-0.25, -0.2) is 12.8 Å². The van der Waals surface area contributed by atoms with Crippen LogP contribution in [-0.4, -0.2) is 26.9 Å². The Morgan fingerprint density at radius 1 is 1.37 bits per heavy atom. The minimum atomic E-state index is -3.41. The van der Waals surface area contributed by atoms with Crippen molar-refractivity contribution in [3.05, 3.63) is 35.1 Å². The van der Waals surface area contributed by atoms with Gasteiger partial charge in [0, 0.05) is 18.8 Å². The van der Waals surface area contributed by atoms with Crippen LogP contribution in [-0.2, 0) is 20.3 Å². The van der Waals surface area contributed by atoms with E-state index < -0.39 is 20.9 Å². The van der Waals surface area contributed by atoms with Gasteiger partial charge in [-0.1, -0.05) is 12.1 Å². The van der Waals surface area contributed by atoms with Crippen LogP contribution in [0.3, 0.4) is 0 Å². The summed E-state index contributed by atoms with van der Waals surface area (Å²) in [5.74, 6) is -1.10. The van der Waals surface area contributed by atoms with E-state index >= 15 is 0 Å². The molecule has 0 spiro atoms. The third-order valence-corrected chi connectivity index (χ3v) is 5.43. The number of benzene rings is 1. The van der Waals surface area contributed by atoms with Gasteiger partial charge in [0.1, 0.15) is 11.9 Å². The predicted molar refractivity (Wildman–Crippen MR) is 67.6 cm³/mol. The quantitative estimate of drug-likeness (QED) is 0.848. The molecule has 1 aromatic rings. The zero-order chi connectivity index (χ0) is 13.9. The van der Waals surface area contributed by atoms with E-state index in [9.17, 15) is 12.8 Å². The molecule has 19 heavy (non-hydrogen) atoms. The second-order valence-corrected chi connectivity index (χ2v) is 6.79. The van der Waals surface area contributed by atoms with Gasteiger partial charge in [-0.3, -0.25) is 0 Å². The van der Waals surface area contributed by atoms with Gasteiger partial charge >= 0.3 is 0 Å². The average molecular weight is 283 g/mol. The number of rotatable bonds is 3. The smallest absolute Gasteiger partial charge is 0.157 e. The standard InChI is InChI=1S/C13H14FNO3S/c14-13-10(8-15)2-1-3-11(13)9-19(16,17)12-4-6-18-7-5-12/h1-3,12H,4-7,9H2. The van der Waals surface area contributed by atoms with Crippen LogP contribution in [0.1, 0.15) is 24.0 Å². The van der Waals surface area contributed by atoms with Crippen LogP contribution in [0.5, 0.6) is 0 Å². The lowest BCUT2D eigenvalue weighted by Gasteiger charge is -2.22. The molecular formula is C13H14FNO3S. The Morgan fingerprint density at radius 2 is 2.05 bits per heavy atom. The fourth-order valence-corrected chi connectivity index (χ4v) is 3.95. The Balaban J connectivity index is 2.23. The van der Waals surface area contributed by atoms with E-state index in [1.807, 2.05) is 0 Å². The van der Waals surface area contributed by atoms with Gasteiger partial charge in [-0.05, 0) is 18.9 Å². The summed E-state index contributed by atoms with van der Waals surface area (Å²) in [5, 5.41) is 8.25. The lowest BCUT2D eigenvalue weighted by molar-refractivity contribution is 0.0983. The monoisotopic (exact) mass is 283 g/mol. The van der Waals surface area contributed by atoms with Gasteiger partial charge in [0.2, 0.25) is 0 Å². The molecule has 0 saturated carbocycles. The summed E-state index contributed by atoms with van der Waals surface area (Å²) in [5.41, 5.74) is -0.0646. The van der Waals surface area contributed by atoms with Gasteiger partial charge in [-0.15, -0.1) is 0 Å². The number of halogens is 1. The maximum Gasteiger partial charge on any atom is 0.157 e. The lowest BCUT2D eigenvalue weighted by atomic mass is 10.1. The number of hydrogen-bond acceptors (Lipinski definition) is 4. The number of ether oxygens (including phenoxy) is 1. The van der Waals surface area contributed by atoms with Crippen molar-refractivity contribution in [1.82, 2.24) is 0 Å². The first-order chi connectivity index (χ1) is 9.04. The summed E-state index contributed by atoms with van der Waals surface area (Å²) >= 11 is 0. The van der Waals surface area contributed by atoms with Crippen LogP contribution in [0.15, 0.2) is 18.2 Å². The molecule has 4 nitrogen and oxygen atoms in total. The van der Waals surface area contributed by atoms with Crippen molar-refractivity contribution < 1.29 is 17.5 Å². The second kappa shape index (κ2) is 5.68. The summed E-state index contributed by atoms with van der Waals surface area (Å²) < 4.78 is 43.4. The Hall–Kier alpha value is -1.45. The van der Waals surface area contributed by atoms with E-state index in [0.717, 1.165) is 0 Å². The molecule has 1 saturated heterocycles. The molecular weight excluding hydrogens is 269 g/mol. The minimum absolute atomic E-state index is 0.0607. The zero-order valence-electron chi connectivity index (χ0n) is 10.3. The highest BCUT2D eigenvalue weighted by Gasteiger charge is 2.28. The van der Waals surface area contributed by atoms with Crippen LogP contribution in [0.2, 0.25) is 0 Å². The fourth-order valence-electron chi connectivity index (χ4n) is 2.15. The summed E-state index contributed by atoms with van der Waals surface area (Å²) in [6, 6.07) is 5.95. The molecule has 0 radical (unpaired) electrons. The molecule has 1 aromatic carbocycles. The van der Waals surface area contributed by atoms with Crippen molar-refractivity contribution in [2.75, 3.05) is 13.2 Å². The van der Waals surface area contributed by atoms with Crippen molar-refractivity contribution in [2.45, 2.75) is 23.8 Å². The first-order valence-corrected chi connectivity index (χ1v) is 7.73. The van der Waals surface area contributed by atoms with E-state index in [4.69, 9.17) is 10.00 Å². The summed E-state index contributed by atoms with van der Waals surface area (Å²) in [4.78, 5) is 0.